The number of ether oxygens (including phenoxy) is 1. The summed E-state index contributed by atoms with van der Waals surface area (Å²) in [6.07, 6.45) is 4.88. The van der Waals surface area contributed by atoms with Crippen LogP contribution in [0.3, 0.4) is 0 Å². The monoisotopic (exact) mass is 394 g/mol. The summed E-state index contributed by atoms with van der Waals surface area (Å²) in [7, 11) is 1.69. The molecule has 1 aromatic heterocycles. The molecule has 2 aromatic carbocycles. The molecule has 0 unspecified atom stereocenters. The van der Waals surface area contributed by atoms with E-state index in [0.717, 1.165) is 56.4 Å². The summed E-state index contributed by atoms with van der Waals surface area (Å²) in [4.78, 5) is 9.42. The molecule has 29 heavy (non-hydrogen) atoms. The van der Waals surface area contributed by atoms with Crippen LogP contribution < -0.4 is 9.64 Å². The van der Waals surface area contributed by atoms with Gasteiger partial charge in [0, 0.05) is 45.1 Å². The fraction of sp³-hybridized carbons (Fsp3) is 0.348. The number of benzene rings is 2. The Morgan fingerprint density at radius 2 is 1.62 bits per heavy atom. The van der Waals surface area contributed by atoms with Gasteiger partial charge in [0.05, 0.1) is 13.7 Å². The third kappa shape index (κ3) is 4.95. The number of piperazine rings is 1. The first kappa shape index (κ1) is 19.5. The SMILES string of the molecule is COc1ccc(CCN2CCN(c3nccn3Cc3ccc(F)cc3)CC2)cc1. The molecule has 3 aromatic rings. The van der Waals surface area contributed by atoms with Crippen LogP contribution in [0.1, 0.15) is 11.1 Å². The molecule has 0 radical (unpaired) electrons. The van der Waals surface area contributed by atoms with Crippen molar-refractivity contribution in [1.29, 1.82) is 0 Å². The van der Waals surface area contributed by atoms with Crippen LogP contribution in [0.5, 0.6) is 5.75 Å². The van der Waals surface area contributed by atoms with Crippen molar-refractivity contribution in [2.75, 3.05) is 44.7 Å². The first-order valence-electron chi connectivity index (χ1n) is 10.1. The molecule has 4 rings (SSSR count). The van der Waals surface area contributed by atoms with Crippen LogP contribution >= 0.6 is 0 Å². The van der Waals surface area contributed by atoms with E-state index in [4.69, 9.17) is 4.74 Å². The molecule has 1 fully saturated rings. The lowest BCUT2D eigenvalue weighted by Crippen LogP contribution is -2.47. The maximum atomic E-state index is 13.1. The van der Waals surface area contributed by atoms with Crippen LogP contribution in [-0.2, 0) is 13.0 Å². The lowest BCUT2D eigenvalue weighted by atomic mass is 10.1. The zero-order chi connectivity index (χ0) is 20.1. The molecule has 1 aliphatic heterocycles. The maximum absolute atomic E-state index is 13.1. The van der Waals surface area contributed by atoms with Gasteiger partial charge in [-0.25, -0.2) is 9.37 Å². The van der Waals surface area contributed by atoms with Gasteiger partial charge in [-0.05, 0) is 41.8 Å². The fourth-order valence-electron chi connectivity index (χ4n) is 3.75. The van der Waals surface area contributed by atoms with Crippen LogP contribution in [0.2, 0.25) is 0 Å². The Balaban J connectivity index is 1.29. The normalized spacial score (nSPS) is 14.9. The topological polar surface area (TPSA) is 33.5 Å². The van der Waals surface area contributed by atoms with E-state index in [0.29, 0.717) is 6.54 Å². The van der Waals surface area contributed by atoms with Gasteiger partial charge in [0.25, 0.3) is 0 Å². The highest BCUT2D eigenvalue weighted by atomic mass is 19.1. The average molecular weight is 394 g/mol. The summed E-state index contributed by atoms with van der Waals surface area (Å²) in [6, 6.07) is 15.0. The van der Waals surface area contributed by atoms with Crippen LogP contribution in [0.25, 0.3) is 0 Å². The van der Waals surface area contributed by atoms with Crippen molar-refractivity contribution in [2.45, 2.75) is 13.0 Å². The van der Waals surface area contributed by atoms with Gasteiger partial charge in [-0.1, -0.05) is 24.3 Å². The van der Waals surface area contributed by atoms with E-state index < -0.39 is 0 Å². The van der Waals surface area contributed by atoms with Crippen molar-refractivity contribution in [1.82, 2.24) is 14.5 Å². The largest absolute Gasteiger partial charge is 0.497 e. The highest BCUT2D eigenvalue weighted by Gasteiger charge is 2.20. The quantitative estimate of drug-likeness (QED) is 0.615. The highest BCUT2D eigenvalue weighted by molar-refractivity contribution is 5.33. The van der Waals surface area contributed by atoms with Gasteiger partial charge >= 0.3 is 0 Å². The number of imidazole rings is 1. The Labute approximate surface area is 171 Å². The third-order valence-electron chi connectivity index (χ3n) is 5.49. The van der Waals surface area contributed by atoms with E-state index in [1.165, 1.54) is 17.7 Å². The number of halogens is 1. The second-order valence-corrected chi connectivity index (χ2v) is 7.41. The van der Waals surface area contributed by atoms with Crippen LogP contribution in [0.15, 0.2) is 60.9 Å². The maximum Gasteiger partial charge on any atom is 0.205 e. The van der Waals surface area contributed by atoms with E-state index in [-0.39, 0.29) is 5.82 Å². The van der Waals surface area contributed by atoms with Crippen molar-refractivity contribution in [3.63, 3.8) is 0 Å². The van der Waals surface area contributed by atoms with Crippen LogP contribution in [-0.4, -0.2) is 54.3 Å². The summed E-state index contributed by atoms with van der Waals surface area (Å²) >= 11 is 0. The number of hydrogen-bond acceptors (Lipinski definition) is 4. The predicted molar refractivity (Wildman–Crippen MR) is 113 cm³/mol. The Morgan fingerprint density at radius 3 is 2.31 bits per heavy atom. The van der Waals surface area contributed by atoms with E-state index in [1.54, 1.807) is 7.11 Å². The molecule has 5 nitrogen and oxygen atoms in total. The highest BCUT2D eigenvalue weighted by Crippen LogP contribution is 2.17. The fourth-order valence-corrected chi connectivity index (χ4v) is 3.75. The van der Waals surface area contributed by atoms with Gasteiger partial charge < -0.3 is 14.2 Å². The molecule has 6 heteroatoms. The van der Waals surface area contributed by atoms with Crippen LogP contribution in [0.4, 0.5) is 10.3 Å². The summed E-state index contributed by atoms with van der Waals surface area (Å²) in [5.41, 5.74) is 2.41. The van der Waals surface area contributed by atoms with E-state index in [1.807, 2.05) is 36.7 Å². The molecule has 0 amide bonds. The lowest BCUT2D eigenvalue weighted by molar-refractivity contribution is 0.259. The summed E-state index contributed by atoms with van der Waals surface area (Å²) in [6.45, 7) is 5.74. The number of anilines is 1. The molecule has 152 valence electrons. The average Bonchev–Trinajstić information content (AvgIpc) is 3.23. The van der Waals surface area contributed by atoms with E-state index in [2.05, 4.69) is 31.5 Å². The second kappa shape index (κ2) is 9.09. The summed E-state index contributed by atoms with van der Waals surface area (Å²) in [5, 5.41) is 0. The van der Waals surface area contributed by atoms with Gasteiger partial charge in [-0.3, -0.25) is 4.90 Å². The molecule has 0 saturated carbocycles. The molecule has 2 heterocycles. The van der Waals surface area contributed by atoms with Gasteiger partial charge in [-0.2, -0.15) is 0 Å². The number of aromatic nitrogens is 2. The van der Waals surface area contributed by atoms with Gasteiger partial charge in [-0.15, -0.1) is 0 Å². The number of rotatable bonds is 7. The molecular formula is C23H27FN4O. The summed E-state index contributed by atoms with van der Waals surface area (Å²) < 4.78 is 20.5. The number of methoxy groups -OCH3 is 1. The molecule has 0 spiro atoms. The van der Waals surface area contributed by atoms with Gasteiger partial charge in [0.2, 0.25) is 5.95 Å². The van der Waals surface area contributed by atoms with Crippen molar-refractivity contribution in [3.05, 3.63) is 77.9 Å². The Morgan fingerprint density at radius 1 is 0.931 bits per heavy atom. The van der Waals surface area contributed by atoms with E-state index >= 15 is 0 Å². The first-order chi connectivity index (χ1) is 14.2. The van der Waals surface area contributed by atoms with Crippen molar-refractivity contribution in [3.8, 4) is 5.75 Å². The zero-order valence-electron chi connectivity index (χ0n) is 16.8. The molecule has 0 N–H and O–H groups in total. The number of nitrogens with zero attached hydrogens (tertiary/aromatic N) is 4. The minimum Gasteiger partial charge on any atom is -0.497 e. The molecule has 1 saturated heterocycles. The van der Waals surface area contributed by atoms with E-state index in [9.17, 15) is 4.39 Å². The van der Waals surface area contributed by atoms with Crippen molar-refractivity contribution >= 4 is 5.95 Å². The second-order valence-electron chi connectivity index (χ2n) is 7.41. The Bertz CT molecular complexity index is 899. The first-order valence-corrected chi connectivity index (χ1v) is 10.1. The lowest BCUT2D eigenvalue weighted by Gasteiger charge is -2.35. The Kier molecular flexibility index (Phi) is 6.10. The van der Waals surface area contributed by atoms with Crippen molar-refractivity contribution in [2.24, 2.45) is 0 Å². The third-order valence-corrected chi connectivity index (χ3v) is 5.49. The molecule has 1 aliphatic rings. The Hall–Kier alpha value is -2.86. The minimum atomic E-state index is -0.203. The van der Waals surface area contributed by atoms with Gasteiger partial charge in [0.15, 0.2) is 0 Å². The molecule has 0 aliphatic carbocycles. The van der Waals surface area contributed by atoms with Crippen molar-refractivity contribution < 1.29 is 9.13 Å². The zero-order valence-corrected chi connectivity index (χ0v) is 16.8. The van der Waals surface area contributed by atoms with Crippen LogP contribution in [0, 0.1) is 5.82 Å². The minimum absolute atomic E-state index is 0.203. The van der Waals surface area contributed by atoms with Gasteiger partial charge in [0.1, 0.15) is 11.6 Å². The predicted octanol–water partition coefficient (Wildman–Crippen LogP) is 3.44. The standard InChI is InChI=1S/C23H27FN4O/c1-29-22-8-4-19(5-9-22)10-12-26-14-16-27(17-15-26)23-25-11-13-28(23)18-20-2-6-21(24)7-3-20/h2-9,11,13H,10,12,14-18H2,1H3. The smallest absolute Gasteiger partial charge is 0.205 e. The molecular weight excluding hydrogens is 367 g/mol. The number of hydrogen-bond donors (Lipinski definition) is 0. The summed E-state index contributed by atoms with van der Waals surface area (Å²) in [5.74, 6) is 1.69. The molecule has 0 atom stereocenters. The molecule has 0 bridgehead atoms.